The molecular weight excluding hydrogens is 378 g/mol. The maximum absolute atomic E-state index is 12.5. The third kappa shape index (κ3) is 6.27. The quantitative estimate of drug-likeness (QED) is 0.640. The van der Waals surface area contributed by atoms with Gasteiger partial charge in [-0.15, -0.1) is 13.2 Å². The van der Waals surface area contributed by atoms with E-state index in [1.165, 1.54) is 12.1 Å². The van der Waals surface area contributed by atoms with Gasteiger partial charge in [-0.05, 0) is 54.6 Å². The average Bonchev–Trinajstić information content (AvgIpc) is 2.60. The van der Waals surface area contributed by atoms with Gasteiger partial charge in [-0.25, -0.2) is 0 Å². The van der Waals surface area contributed by atoms with E-state index in [4.69, 9.17) is 0 Å². The number of carboxylic acid groups (broad SMARTS) is 1. The molecule has 0 heterocycles. The van der Waals surface area contributed by atoms with E-state index in [0.29, 0.717) is 13.0 Å². The molecule has 0 fully saturated rings. The molecule has 29 heavy (non-hydrogen) atoms. The molecule has 0 aliphatic heterocycles. The summed E-state index contributed by atoms with van der Waals surface area (Å²) in [5, 5.41) is 10.9. The largest absolute Gasteiger partial charge is 1.00 e. The zero-order valence-electron chi connectivity index (χ0n) is 16.4. The molecule has 8 heteroatoms. The Balaban J connectivity index is 0.00000300. The summed E-state index contributed by atoms with van der Waals surface area (Å²) in [4.78, 5) is 12.6. The van der Waals surface area contributed by atoms with E-state index in [2.05, 4.69) is 4.74 Å². The summed E-state index contributed by atoms with van der Waals surface area (Å²) in [6.07, 6.45) is -3.38. The van der Waals surface area contributed by atoms with Gasteiger partial charge in [-0.2, -0.15) is 0 Å². The number of likely N-dealkylation sites (N-methyl/N-ethyl adjacent to an activating group) is 1. The number of fused-ring (bicyclic) bond motifs is 1. The second-order valence-corrected chi connectivity index (χ2v) is 7.16. The molecule has 1 aliphatic carbocycles. The molecule has 0 bridgehead atoms. The van der Waals surface area contributed by atoms with Crippen molar-refractivity contribution in [1.29, 1.82) is 0 Å². The number of nitrogens with zero attached hydrogens (tertiary/aromatic N) is 1. The number of carbonyl (C=O) groups is 1. The van der Waals surface area contributed by atoms with Crippen LogP contribution in [0.25, 0.3) is 0 Å². The van der Waals surface area contributed by atoms with Gasteiger partial charge in [0.15, 0.2) is 0 Å². The van der Waals surface area contributed by atoms with Gasteiger partial charge in [0.2, 0.25) is 0 Å². The summed E-state index contributed by atoms with van der Waals surface area (Å²) in [5.41, 5.74) is 2.84. The minimum Gasteiger partial charge on any atom is -0.549 e. The molecule has 0 spiro atoms. The number of ether oxygens (including phenoxy) is 1. The molecule has 0 saturated carbocycles. The number of carboxylic acids is 1. The van der Waals surface area contributed by atoms with Crippen molar-refractivity contribution < 1.29 is 46.7 Å². The van der Waals surface area contributed by atoms with Crippen LogP contribution < -0.4 is 28.7 Å². The van der Waals surface area contributed by atoms with Crippen molar-refractivity contribution in [3.05, 3.63) is 65.2 Å². The molecule has 2 aromatic rings. The van der Waals surface area contributed by atoms with Crippen LogP contribution in [0.2, 0.25) is 0 Å². The fourth-order valence-corrected chi connectivity index (χ4v) is 4.05. The van der Waals surface area contributed by atoms with E-state index >= 15 is 0 Å². The van der Waals surface area contributed by atoms with E-state index in [1.54, 1.807) is 18.0 Å². The van der Waals surface area contributed by atoms with Gasteiger partial charge in [0.05, 0.1) is 5.97 Å². The van der Waals surface area contributed by atoms with E-state index in [1.807, 2.05) is 30.3 Å². The minimum atomic E-state index is -4.72. The summed E-state index contributed by atoms with van der Waals surface area (Å²) in [7, 11) is 1.73. The maximum atomic E-state index is 12.5. The molecule has 0 unspecified atom stereocenters. The Hall–Kier alpha value is -1.94. The van der Waals surface area contributed by atoms with Crippen molar-refractivity contribution in [1.82, 2.24) is 4.90 Å². The summed E-state index contributed by atoms with van der Waals surface area (Å²) in [5.74, 6) is -1.25. The third-order valence-corrected chi connectivity index (χ3v) is 5.04. The van der Waals surface area contributed by atoms with Gasteiger partial charge in [0.1, 0.15) is 5.75 Å². The monoisotopic (exact) mass is 399 g/mol. The molecule has 150 valence electrons. The Kier molecular flexibility index (Phi) is 7.81. The number of hydrogen-bond acceptors (Lipinski definition) is 4. The van der Waals surface area contributed by atoms with Crippen LogP contribution in [-0.4, -0.2) is 37.4 Å². The van der Waals surface area contributed by atoms with E-state index in [9.17, 15) is 23.1 Å². The number of aliphatic carboxylic acids is 1. The van der Waals surface area contributed by atoms with Gasteiger partial charge in [0, 0.05) is 19.0 Å². The molecule has 0 amide bonds. The number of benzene rings is 2. The molecule has 0 N–H and O–H groups in total. The predicted molar refractivity (Wildman–Crippen MR) is 95.7 cm³/mol. The van der Waals surface area contributed by atoms with Crippen LogP contribution in [-0.2, 0) is 11.2 Å². The number of hydrogen-bond donors (Lipinski definition) is 0. The fraction of sp³-hybridized carbons (Fsp3) is 0.381. The Morgan fingerprint density at radius 3 is 2.52 bits per heavy atom. The van der Waals surface area contributed by atoms with Crippen molar-refractivity contribution in [3.63, 3.8) is 0 Å². The number of alkyl halides is 3. The van der Waals surface area contributed by atoms with Gasteiger partial charge in [-0.3, -0.25) is 0 Å². The minimum absolute atomic E-state index is 0. The summed E-state index contributed by atoms with van der Waals surface area (Å²) < 4.78 is 41.7. The standard InChI is InChI=1S/C21H22F3NO3.Li/c1-25(13-19(26)27)12-16-8-7-15-11-17(28-21(22,23)24)9-10-18(15)20(16)14-5-3-2-4-6-14;/h2-6,9-11,16,20H,7-8,12-13H2,1H3,(H,26,27);/q;+1/p-1/t16-,20+;/m1./s1. The van der Waals surface area contributed by atoms with Crippen molar-refractivity contribution in [2.24, 2.45) is 5.92 Å². The molecular formula is C21H21F3LiNO3. The summed E-state index contributed by atoms with van der Waals surface area (Å²) >= 11 is 0. The van der Waals surface area contributed by atoms with Crippen LogP contribution in [0.5, 0.6) is 5.75 Å². The van der Waals surface area contributed by atoms with Crippen molar-refractivity contribution in [3.8, 4) is 5.75 Å². The van der Waals surface area contributed by atoms with Gasteiger partial charge < -0.3 is 19.5 Å². The molecule has 2 atom stereocenters. The number of aryl methyl sites for hydroxylation is 1. The fourth-order valence-electron chi connectivity index (χ4n) is 4.05. The molecule has 3 rings (SSSR count). The average molecular weight is 399 g/mol. The molecule has 0 saturated heterocycles. The van der Waals surface area contributed by atoms with E-state index < -0.39 is 12.3 Å². The Bertz CT molecular complexity index is 830. The van der Waals surface area contributed by atoms with Crippen molar-refractivity contribution in [2.75, 3.05) is 20.1 Å². The van der Waals surface area contributed by atoms with Crippen LogP contribution in [0.15, 0.2) is 48.5 Å². The second-order valence-electron chi connectivity index (χ2n) is 7.16. The molecule has 0 aromatic heterocycles. The Labute approximate surface area is 179 Å². The molecule has 4 nitrogen and oxygen atoms in total. The van der Waals surface area contributed by atoms with Crippen LogP contribution in [0.3, 0.4) is 0 Å². The first-order valence-electron chi connectivity index (χ1n) is 9.05. The second kappa shape index (κ2) is 9.71. The van der Waals surface area contributed by atoms with E-state index in [-0.39, 0.29) is 43.0 Å². The van der Waals surface area contributed by atoms with Crippen LogP contribution in [0.1, 0.15) is 29.0 Å². The Morgan fingerprint density at radius 1 is 1.21 bits per heavy atom. The molecule has 2 aromatic carbocycles. The molecule has 0 radical (unpaired) electrons. The number of carbonyl (C=O) groups excluding carboxylic acids is 1. The SMILES string of the molecule is CN(CC(=O)[O-])C[C@H]1CCc2cc(OC(F)(F)F)ccc2[C@H]1c1ccccc1.[Li+]. The summed E-state index contributed by atoms with van der Waals surface area (Å²) in [6, 6.07) is 14.2. The zero-order valence-corrected chi connectivity index (χ0v) is 16.4. The van der Waals surface area contributed by atoms with Crippen LogP contribution >= 0.6 is 0 Å². The maximum Gasteiger partial charge on any atom is 1.00 e. The first-order chi connectivity index (χ1) is 13.2. The van der Waals surface area contributed by atoms with Gasteiger partial charge in [0.25, 0.3) is 0 Å². The predicted octanol–water partition coefficient (Wildman–Crippen LogP) is -0.0348. The normalized spacial score (nSPS) is 18.7. The van der Waals surface area contributed by atoms with Crippen molar-refractivity contribution >= 4 is 5.97 Å². The zero-order chi connectivity index (χ0) is 20.3. The Morgan fingerprint density at radius 2 is 1.90 bits per heavy atom. The molecule has 1 aliphatic rings. The van der Waals surface area contributed by atoms with Crippen molar-refractivity contribution in [2.45, 2.75) is 25.1 Å². The van der Waals surface area contributed by atoms with Crippen LogP contribution in [0.4, 0.5) is 13.2 Å². The third-order valence-electron chi connectivity index (χ3n) is 5.04. The van der Waals surface area contributed by atoms with Gasteiger partial charge in [-0.1, -0.05) is 36.4 Å². The smallest absolute Gasteiger partial charge is 0.549 e. The first-order valence-corrected chi connectivity index (χ1v) is 9.05. The van der Waals surface area contributed by atoms with E-state index in [0.717, 1.165) is 23.1 Å². The number of halogens is 3. The topological polar surface area (TPSA) is 52.6 Å². The summed E-state index contributed by atoms with van der Waals surface area (Å²) in [6.45, 7) is 0.386. The number of rotatable bonds is 6. The first kappa shape index (κ1) is 23.3. The van der Waals surface area contributed by atoms with Crippen LogP contribution in [0, 0.1) is 5.92 Å². The van der Waals surface area contributed by atoms with Gasteiger partial charge >= 0.3 is 25.2 Å².